The van der Waals surface area contributed by atoms with Crippen LogP contribution in [-0.4, -0.2) is 23.0 Å². The second kappa shape index (κ2) is 3.91. The zero-order valence-electron chi connectivity index (χ0n) is 7.80. The number of hydrogen-bond acceptors (Lipinski definition) is 3. The van der Waals surface area contributed by atoms with E-state index in [-0.39, 0.29) is 0 Å². The number of methoxy groups -OCH3 is 1. The summed E-state index contributed by atoms with van der Waals surface area (Å²) in [6.07, 6.45) is -0.453. The van der Waals surface area contributed by atoms with E-state index >= 15 is 0 Å². The number of rotatable bonds is 1. The maximum atomic E-state index is 11.2. The predicted octanol–water partition coefficient (Wildman–Crippen LogP) is 2.01. The fraction of sp³-hybridized carbons (Fsp3) is 0.500. The number of hydrogen-bond donors (Lipinski definition) is 0. The third-order valence-electron chi connectivity index (χ3n) is 1.96. The number of halogens is 1. The Kier molecular flexibility index (Phi) is 3.08. The molecule has 0 atom stereocenters. The summed E-state index contributed by atoms with van der Waals surface area (Å²) in [5.41, 5.74) is 2.70. The number of carbonyl (C=O) groups excluding carboxylic acids is 1. The molecule has 0 N–H and O–H groups in total. The first-order valence-corrected chi connectivity index (χ1v) is 4.93. The molecule has 1 rings (SSSR count). The molecule has 0 fully saturated rings. The molecule has 1 aromatic heterocycles. The highest BCUT2D eigenvalue weighted by Crippen LogP contribution is 2.15. The van der Waals surface area contributed by atoms with Crippen LogP contribution >= 0.6 is 15.9 Å². The molecule has 13 heavy (non-hydrogen) atoms. The van der Waals surface area contributed by atoms with Crippen molar-refractivity contribution in [3.63, 3.8) is 0 Å². The topological polar surface area (TPSA) is 44.1 Å². The molecule has 0 aliphatic carbocycles. The van der Waals surface area contributed by atoms with Gasteiger partial charge in [-0.15, -0.1) is 0 Å². The lowest BCUT2D eigenvalue weighted by atomic mass is 10.2. The Morgan fingerprint density at radius 3 is 2.69 bits per heavy atom. The fourth-order valence-electron chi connectivity index (χ4n) is 1.05. The molecule has 0 amide bonds. The van der Waals surface area contributed by atoms with Gasteiger partial charge in [0.05, 0.1) is 18.5 Å². The van der Waals surface area contributed by atoms with Gasteiger partial charge in [0.2, 0.25) is 0 Å². The lowest BCUT2D eigenvalue weighted by Gasteiger charge is -2.01. The molecule has 0 aliphatic heterocycles. The van der Waals surface area contributed by atoms with Crippen LogP contribution < -0.4 is 0 Å². The second-order valence-corrected chi connectivity index (χ2v) is 3.23. The maximum absolute atomic E-state index is 11.2. The minimum atomic E-state index is -0.453. The second-order valence-electron chi connectivity index (χ2n) is 2.67. The summed E-state index contributed by atoms with van der Waals surface area (Å²) >= 11 is 3.30. The number of alkyl halides is 1. The van der Waals surface area contributed by atoms with Crippen molar-refractivity contribution < 1.29 is 9.53 Å². The lowest BCUT2D eigenvalue weighted by molar-refractivity contribution is 0.168. The summed E-state index contributed by atoms with van der Waals surface area (Å²) in [7, 11) is 1.34. The van der Waals surface area contributed by atoms with Crippen molar-refractivity contribution in [2.75, 3.05) is 7.11 Å². The Balaban J connectivity index is 3.21. The zero-order valence-corrected chi connectivity index (χ0v) is 9.38. The van der Waals surface area contributed by atoms with Gasteiger partial charge in [0.15, 0.2) is 0 Å². The Morgan fingerprint density at radius 1 is 1.62 bits per heavy atom. The van der Waals surface area contributed by atoms with Gasteiger partial charge in [0.25, 0.3) is 0 Å². The summed E-state index contributed by atoms with van der Waals surface area (Å²) in [4.78, 5) is 11.2. The van der Waals surface area contributed by atoms with Crippen LogP contribution in [0.4, 0.5) is 4.79 Å². The van der Waals surface area contributed by atoms with Crippen molar-refractivity contribution in [3.05, 3.63) is 17.0 Å². The van der Waals surface area contributed by atoms with Crippen LogP contribution in [0.1, 0.15) is 17.0 Å². The Bertz CT molecular complexity index is 333. The summed E-state index contributed by atoms with van der Waals surface area (Å²) < 4.78 is 5.86. The Hall–Kier alpha value is -0.840. The van der Waals surface area contributed by atoms with Crippen molar-refractivity contribution in [2.24, 2.45) is 0 Å². The molecular formula is C8H11BrN2O2. The molecule has 0 bridgehead atoms. The van der Waals surface area contributed by atoms with Gasteiger partial charge in [-0.05, 0) is 19.4 Å². The first-order chi connectivity index (χ1) is 6.11. The maximum Gasteiger partial charge on any atom is 0.434 e. The number of ether oxygens (including phenoxy) is 1. The van der Waals surface area contributed by atoms with E-state index < -0.39 is 6.09 Å². The van der Waals surface area contributed by atoms with Crippen LogP contribution in [0.15, 0.2) is 0 Å². The van der Waals surface area contributed by atoms with E-state index in [1.165, 1.54) is 11.8 Å². The summed E-state index contributed by atoms with van der Waals surface area (Å²) in [6.45, 7) is 3.79. The van der Waals surface area contributed by atoms with Gasteiger partial charge in [-0.2, -0.15) is 9.78 Å². The van der Waals surface area contributed by atoms with E-state index in [4.69, 9.17) is 0 Å². The third-order valence-corrected chi connectivity index (χ3v) is 2.49. The van der Waals surface area contributed by atoms with E-state index in [0.29, 0.717) is 5.33 Å². The highest BCUT2D eigenvalue weighted by Gasteiger charge is 2.15. The molecule has 4 nitrogen and oxygen atoms in total. The van der Waals surface area contributed by atoms with Crippen molar-refractivity contribution in [3.8, 4) is 0 Å². The van der Waals surface area contributed by atoms with Gasteiger partial charge in [0, 0.05) is 5.33 Å². The SMILES string of the molecule is COC(=O)n1nc(C)c(C)c1CBr. The Morgan fingerprint density at radius 2 is 2.23 bits per heavy atom. The largest absolute Gasteiger partial charge is 0.451 e. The van der Waals surface area contributed by atoms with Crippen LogP contribution in [0.25, 0.3) is 0 Å². The van der Waals surface area contributed by atoms with E-state index in [1.807, 2.05) is 13.8 Å². The number of aromatic nitrogens is 2. The third kappa shape index (κ3) is 1.75. The molecule has 0 aliphatic rings. The van der Waals surface area contributed by atoms with Gasteiger partial charge in [-0.25, -0.2) is 4.79 Å². The average Bonchev–Trinajstić information content (AvgIpc) is 2.42. The monoisotopic (exact) mass is 246 g/mol. The lowest BCUT2D eigenvalue weighted by Crippen LogP contribution is -2.15. The molecule has 0 radical (unpaired) electrons. The highest BCUT2D eigenvalue weighted by atomic mass is 79.9. The average molecular weight is 247 g/mol. The Labute approximate surface area is 85.0 Å². The molecule has 72 valence electrons. The van der Waals surface area contributed by atoms with E-state index in [1.54, 1.807) is 0 Å². The fourth-order valence-corrected chi connectivity index (χ4v) is 1.71. The molecule has 1 aromatic rings. The number of nitrogens with zero attached hydrogens (tertiary/aromatic N) is 2. The molecule has 0 saturated carbocycles. The zero-order chi connectivity index (χ0) is 10.0. The molecular weight excluding hydrogens is 236 g/mol. The molecule has 0 spiro atoms. The van der Waals surface area contributed by atoms with Gasteiger partial charge in [0.1, 0.15) is 0 Å². The van der Waals surface area contributed by atoms with Crippen molar-refractivity contribution >= 4 is 22.0 Å². The molecule has 1 heterocycles. The first-order valence-electron chi connectivity index (χ1n) is 3.81. The van der Waals surface area contributed by atoms with Gasteiger partial charge >= 0.3 is 6.09 Å². The molecule has 0 unspecified atom stereocenters. The van der Waals surface area contributed by atoms with E-state index in [9.17, 15) is 4.79 Å². The van der Waals surface area contributed by atoms with Crippen molar-refractivity contribution in [1.29, 1.82) is 0 Å². The number of aryl methyl sites for hydroxylation is 1. The van der Waals surface area contributed by atoms with Crippen LogP contribution in [0.3, 0.4) is 0 Å². The minimum Gasteiger partial charge on any atom is -0.451 e. The smallest absolute Gasteiger partial charge is 0.434 e. The summed E-state index contributed by atoms with van der Waals surface area (Å²) in [5, 5.41) is 4.66. The van der Waals surface area contributed by atoms with Crippen molar-refractivity contribution in [2.45, 2.75) is 19.2 Å². The van der Waals surface area contributed by atoms with Gasteiger partial charge in [-0.1, -0.05) is 15.9 Å². The van der Waals surface area contributed by atoms with Gasteiger partial charge < -0.3 is 4.74 Å². The van der Waals surface area contributed by atoms with E-state index in [0.717, 1.165) is 17.0 Å². The predicted molar refractivity (Wildman–Crippen MR) is 52.1 cm³/mol. The molecule has 0 saturated heterocycles. The van der Waals surface area contributed by atoms with Gasteiger partial charge in [-0.3, -0.25) is 0 Å². The molecule has 0 aromatic carbocycles. The standard InChI is InChI=1S/C8H11BrN2O2/c1-5-6(2)10-11(7(5)4-9)8(12)13-3/h4H2,1-3H3. The summed E-state index contributed by atoms with van der Waals surface area (Å²) in [5.74, 6) is 0. The van der Waals surface area contributed by atoms with Crippen LogP contribution in [0.2, 0.25) is 0 Å². The number of carbonyl (C=O) groups is 1. The highest BCUT2D eigenvalue weighted by molar-refractivity contribution is 9.08. The van der Waals surface area contributed by atoms with Crippen LogP contribution in [0.5, 0.6) is 0 Å². The van der Waals surface area contributed by atoms with Crippen LogP contribution in [0, 0.1) is 13.8 Å². The minimum absolute atomic E-state index is 0.453. The molecule has 5 heteroatoms. The van der Waals surface area contributed by atoms with Crippen molar-refractivity contribution in [1.82, 2.24) is 9.78 Å². The summed E-state index contributed by atoms with van der Waals surface area (Å²) in [6, 6.07) is 0. The van der Waals surface area contributed by atoms with E-state index in [2.05, 4.69) is 25.8 Å². The normalized spacial score (nSPS) is 10.2. The first kappa shape index (κ1) is 10.2. The quantitative estimate of drug-likeness (QED) is 0.713. The van der Waals surface area contributed by atoms with Crippen LogP contribution in [-0.2, 0) is 10.1 Å².